The minimum atomic E-state index is 0.0419. The smallest absolute Gasteiger partial charge is 0.0540 e. The summed E-state index contributed by atoms with van der Waals surface area (Å²) in [5.74, 6) is 0. The maximum Gasteiger partial charge on any atom is 0.0540 e. The summed E-state index contributed by atoms with van der Waals surface area (Å²) in [7, 11) is 1.33. The van der Waals surface area contributed by atoms with Crippen molar-refractivity contribution in [3.63, 3.8) is 0 Å². The van der Waals surface area contributed by atoms with Crippen LogP contribution in [0.1, 0.15) is 25.7 Å². The van der Waals surface area contributed by atoms with Crippen LogP contribution in [0.4, 0.5) is 0 Å². The van der Waals surface area contributed by atoms with E-state index < -0.39 is 0 Å². The Bertz CT molecular complexity index is 56.9. The second kappa shape index (κ2) is 2.64. The first-order valence-corrected chi connectivity index (χ1v) is 4.62. The van der Waals surface area contributed by atoms with E-state index in [1.54, 1.807) is 0 Å². The van der Waals surface area contributed by atoms with Gasteiger partial charge in [-0.25, -0.2) is 0 Å². The van der Waals surface area contributed by atoms with E-state index in [1.807, 2.05) is 0 Å². The molecule has 8 heavy (non-hydrogen) atoms. The van der Waals surface area contributed by atoms with Gasteiger partial charge in [-0.3, -0.25) is 0 Å². The molecule has 0 bridgehead atoms. The Labute approximate surface area is 53.5 Å². The lowest BCUT2D eigenvalue weighted by Gasteiger charge is -2.21. The summed E-state index contributed by atoms with van der Waals surface area (Å²) in [4.78, 5) is 0. The van der Waals surface area contributed by atoms with E-state index in [0.29, 0.717) is 0 Å². The molecule has 0 radical (unpaired) electrons. The molecule has 1 rings (SSSR count). The zero-order valence-electron chi connectivity index (χ0n) is 5.43. The van der Waals surface area contributed by atoms with Crippen LogP contribution in [0, 0.1) is 0 Å². The average molecular weight is 130 g/mol. The number of aliphatic hydroxyl groups is 1. The van der Waals surface area contributed by atoms with Crippen LogP contribution in [-0.2, 0) is 0 Å². The second-order valence-electron chi connectivity index (χ2n) is 2.91. The van der Waals surface area contributed by atoms with Crippen molar-refractivity contribution in [2.75, 3.05) is 0 Å². The number of aliphatic hydroxyl groups excluding tert-OH is 1. The lowest BCUT2D eigenvalue weighted by molar-refractivity contribution is 0.130. The molecule has 48 valence electrons. The van der Waals surface area contributed by atoms with Crippen molar-refractivity contribution in [2.24, 2.45) is 0 Å². The van der Waals surface area contributed by atoms with E-state index in [-0.39, 0.29) is 6.10 Å². The normalized spacial score (nSPS) is 40.1. The maximum atomic E-state index is 9.04. The predicted molar refractivity (Wildman–Crippen MR) is 38.2 cm³/mol. The summed E-state index contributed by atoms with van der Waals surface area (Å²) >= 11 is 0. The fraction of sp³-hybridized carbons (Fsp3) is 1.00. The van der Waals surface area contributed by atoms with Crippen LogP contribution in [0.3, 0.4) is 0 Å². The largest absolute Gasteiger partial charge is 0.393 e. The molecule has 0 amide bonds. The Kier molecular flexibility index (Phi) is 2.08. The first-order chi connectivity index (χ1) is 3.79. The van der Waals surface area contributed by atoms with E-state index in [0.717, 1.165) is 18.4 Å². The van der Waals surface area contributed by atoms with Crippen LogP contribution in [-0.4, -0.2) is 21.5 Å². The Morgan fingerprint density at radius 3 is 2.00 bits per heavy atom. The molecule has 1 aliphatic rings. The van der Waals surface area contributed by atoms with Gasteiger partial charge in [0.1, 0.15) is 0 Å². The minimum Gasteiger partial charge on any atom is -0.393 e. The van der Waals surface area contributed by atoms with Gasteiger partial charge in [0.25, 0.3) is 0 Å². The van der Waals surface area contributed by atoms with Crippen LogP contribution >= 0.6 is 0 Å². The quantitative estimate of drug-likeness (QED) is 0.460. The monoisotopic (exact) mass is 130 g/mol. The predicted octanol–water partition coefficient (Wildman–Crippen LogP) is 0.0752. The molecule has 1 saturated carbocycles. The van der Waals surface area contributed by atoms with Crippen molar-refractivity contribution < 1.29 is 5.11 Å². The van der Waals surface area contributed by atoms with E-state index in [1.165, 1.54) is 23.1 Å². The second-order valence-corrected chi connectivity index (χ2v) is 4.55. The average Bonchev–Trinajstić information content (AvgIpc) is 1.77. The molecule has 0 aromatic heterocycles. The summed E-state index contributed by atoms with van der Waals surface area (Å²) in [5, 5.41) is 9.04. The molecule has 0 aliphatic heterocycles. The van der Waals surface area contributed by atoms with Crippen LogP contribution in [0.15, 0.2) is 0 Å². The minimum absolute atomic E-state index is 0.0419. The number of rotatable bonds is 0. The number of hydrogen-bond donors (Lipinski definition) is 1. The Hall–Kier alpha value is 0.177. The van der Waals surface area contributed by atoms with E-state index in [4.69, 9.17) is 5.11 Å². The Balaban J connectivity index is 2.19. The van der Waals surface area contributed by atoms with Gasteiger partial charge in [-0.15, -0.1) is 0 Å². The molecule has 0 saturated heterocycles. The molecule has 1 nitrogen and oxygen atoms in total. The highest BCUT2D eigenvalue weighted by molar-refractivity contribution is 6.11. The first kappa shape index (κ1) is 6.30. The lowest BCUT2D eigenvalue weighted by Crippen LogP contribution is -2.14. The van der Waals surface area contributed by atoms with E-state index >= 15 is 0 Å². The van der Waals surface area contributed by atoms with Gasteiger partial charge in [0, 0.05) is 10.2 Å². The van der Waals surface area contributed by atoms with Crippen molar-refractivity contribution >= 4 is 10.2 Å². The molecule has 0 spiro atoms. The molecular weight excluding hydrogens is 116 g/mol. The van der Waals surface area contributed by atoms with Crippen LogP contribution in [0.5, 0.6) is 0 Å². The topological polar surface area (TPSA) is 20.2 Å². The summed E-state index contributed by atoms with van der Waals surface area (Å²) < 4.78 is 0. The highest BCUT2D eigenvalue weighted by Crippen LogP contribution is 2.25. The zero-order chi connectivity index (χ0) is 5.98. The molecule has 0 atom stereocenters. The molecule has 0 heterocycles. The van der Waals surface area contributed by atoms with Crippen molar-refractivity contribution in [3.8, 4) is 0 Å². The van der Waals surface area contributed by atoms with Gasteiger partial charge in [-0.1, -0.05) is 18.4 Å². The molecule has 1 aliphatic carbocycles. The van der Waals surface area contributed by atoms with Gasteiger partial charge in [-0.05, 0) is 12.8 Å². The van der Waals surface area contributed by atoms with Gasteiger partial charge in [0.2, 0.25) is 0 Å². The fourth-order valence-electron chi connectivity index (χ4n) is 1.24. The molecule has 0 aromatic carbocycles. The Morgan fingerprint density at radius 2 is 1.62 bits per heavy atom. The summed E-state index contributed by atoms with van der Waals surface area (Å²) in [5.41, 5.74) is 0.999. The molecular formula is C6H14OSi. The summed E-state index contributed by atoms with van der Waals surface area (Å²) in [6, 6.07) is 0. The van der Waals surface area contributed by atoms with E-state index in [9.17, 15) is 0 Å². The van der Waals surface area contributed by atoms with Gasteiger partial charge < -0.3 is 5.11 Å². The molecule has 0 unspecified atom stereocenters. The van der Waals surface area contributed by atoms with E-state index in [2.05, 4.69) is 0 Å². The zero-order valence-corrected chi connectivity index (χ0v) is 7.43. The molecule has 1 N–H and O–H groups in total. The number of hydrogen-bond acceptors (Lipinski definition) is 1. The van der Waals surface area contributed by atoms with Crippen molar-refractivity contribution in [2.45, 2.75) is 37.3 Å². The highest BCUT2D eigenvalue weighted by atomic mass is 28.1. The molecule has 2 heteroatoms. The fourth-order valence-corrected chi connectivity index (χ4v) is 1.91. The van der Waals surface area contributed by atoms with Gasteiger partial charge in [-0.2, -0.15) is 0 Å². The third-order valence-electron chi connectivity index (χ3n) is 1.99. The van der Waals surface area contributed by atoms with Crippen LogP contribution < -0.4 is 0 Å². The summed E-state index contributed by atoms with van der Waals surface area (Å²) in [6.07, 6.45) is 4.74. The van der Waals surface area contributed by atoms with Crippen molar-refractivity contribution in [3.05, 3.63) is 0 Å². The summed E-state index contributed by atoms with van der Waals surface area (Å²) in [6.45, 7) is 0. The lowest BCUT2D eigenvalue weighted by atomic mass is 9.97. The van der Waals surface area contributed by atoms with Gasteiger partial charge in [0.15, 0.2) is 0 Å². The maximum absolute atomic E-state index is 9.04. The third-order valence-corrected chi connectivity index (χ3v) is 3.14. The first-order valence-electron chi connectivity index (χ1n) is 3.47. The highest BCUT2D eigenvalue weighted by Gasteiger charge is 2.14. The third kappa shape index (κ3) is 1.60. The van der Waals surface area contributed by atoms with Crippen molar-refractivity contribution in [1.29, 1.82) is 0 Å². The SMILES string of the molecule is OC1CCC([SiH3])CC1. The van der Waals surface area contributed by atoms with Crippen LogP contribution in [0.2, 0.25) is 5.54 Å². The molecule has 1 fully saturated rings. The standard InChI is InChI=1S/C6H14OSi/c7-5-1-3-6(8)4-2-5/h5-7H,1-4H2,8H3. The Morgan fingerprint density at radius 1 is 1.12 bits per heavy atom. The molecule has 0 aromatic rings. The van der Waals surface area contributed by atoms with Crippen LogP contribution in [0.25, 0.3) is 0 Å². The van der Waals surface area contributed by atoms with Gasteiger partial charge in [0.05, 0.1) is 6.10 Å². The van der Waals surface area contributed by atoms with Crippen molar-refractivity contribution in [1.82, 2.24) is 0 Å². The van der Waals surface area contributed by atoms with Gasteiger partial charge >= 0.3 is 0 Å².